The zero-order chi connectivity index (χ0) is 33.3. The van der Waals surface area contributed by atoms with E-state index in [1.165, 1.54) is 49.0 Å². The van der Waals surface area contributed by atoms with Crippen molar-refractivity contribution >= 4 is 23.9 Å². The van der Waals surface area contributed by atoms with Gasteiger partial charge in [-0.25, -0.2) is 9.78 Å². The largest absolute Gasteiger partial charge is 0.478 e. The molecule has 3 N–H and O–H groups in total. The molecule has 1 aliphatic heterocycles. The minimum Gasteiger partial charge on any atom is -0.478 e. The Hall–Kier alpha value is -3.92. The molecule has 8 nitrogen and oxygen atoms in total. The molecule has 0 bridgehead atoms. The Morgan fingerprint density at radius 2 is 1.70 bits per heavy atom. The molecule has 0 spiro atoms. The van der Waals surface area contributed by atoms with Crippen molar-refractivity contribution in [3.8, 4) is 17.1 Å². The highest BCUT2D eigenvalue weighted by Gasteiger charge is 2.19. The summed E-state index contributed by atoms with van der Waals surface area (Å²) in [7, 11) is 2.21. The Labute approximate surface area is 283 Å². The van der Waals surface area contributed by atoms with Crippen molar-refractivity contribution in [1.82, 2.24) is 20.2 Å². The molecule has 1 atom stereocenters. The normalized spacial score (nSPS) is 14.7. The molecule has 4 aromatic rings. The lowest BCUT2D eigenvalue weighted by atomic mass is 9.89. The SMILES string of the molecule is Cc1cccc(C)c1-c1cc(OC[C@@H](CC(C)C)NCc2ccc(C3CCN(C)CC3)cc2)nc(NSc2cccc(C(=O)O)c2)n1. The number of aryl methyl sites for hydroxylation is 2. The second kappa shape index (κ2) is 16.3. The molecule has 0 radical (unpaired) electrons. The minimum absolute atomic E-state index is 0.131. The van der Waals surface area contributed by atoms with Crippen molar-refractivity contribution in [2.24, 2.45) is 5.92 Å². The van der Waals surface area contributed by atoms with Crippen LogP contribution in [0.15, 0.2) is 77.7 Å². The van der Waals surface area contributed by atoms with Crippen LogP contribution in [-0.4, -0.2) is 58.7 Å². The maximum Gasteiger partial charge on any atom is 0.335 e. The number of likely N-dealkylation sites (tertiary alicyclic amines) is 1. The van der Waals surface area contributed by atoms with Crippen molar-refractivity contribution in [3.63, 3.8) is 0 Å². The van der Waals surface area contributed by atoms with E-state index in [1.54, 1.807) is 18.2 Å². The maximum absolute atomic E-state index is 11.5. The van der Waals surface area contributed by atoms with Crippen molar-refractivity contribution < 1.29 is 14.6 Å². The topological polar surface area (TPSA) is 99.6 Å². The fourth-order valence-corrected chi connectivity index (χ4v) is 6.80. The number of anilines is 1. The van der Waals surface area contributed by atoms with Gasteiger partial charge in [-0.1, -0.05) is 62.4 Å². The van der Waals surface area contributed by atoms with Crippen molar-refractivity contribution in [2.45, 2.75) is 70.4 Å². The van der Waals surface area contributed by atoms with Crippen molar-refractivity contribution in [3.05, 3.63) is 101 Å². The molecule has 5 rings (SSSR count). The maximum atomic E-state index is 11.5. The van der Waals surface area contributed by atoms with Gasteiger partial charge in [0.05, 0.1) is 11.3 Å². The summed E-state index contributed by atoms with van der Waals surface area (Å²) < 4.78 is 9.62. The summed E-state index contributed by atoms with van der Waals surface area (Å²) in [6.45, 7) is 12.2. The molecule has 3 aromatic carbocycles. The lowest BCUT2D eigenvalue weighted by molar-refractivity contribution is 0.0696. The molecule has 1 aliphatic rings. The monoisotopic (exact) mass is 653 g/mol. The van der Waals surface area contributed by atoms with Gasteiger partial charge in [0.2, 0.25) is 11.8 Å². The Bertz CT molecular complexity index is 1620. The number of hydrogen-bond donors (Lipinski definition) is 3. The highest BCUT2D eigenvalue weighted by atomic mass is 32.2. The Kier molecular flexibility index (Phi) is 11.9. The molecule has 1 aromatic heterocycles. The third-order valence-electron chi connectivity index (χ3n) is 8.73. The van der Waals surface area contributed by atoms with Gasteiger partial charge in [0.25, 0.3) is 0 Å². The van der Waals surface area contributed by atoms with Crippen LogP contribution in [0.2, 0.25) is 0 Å². The molecular weight excluding hydrogens is 607 g/mol. The molecule has 0 amide bonds. The van der Waals surface area contributed by atoms with Gasteiger partial charge in [0.15, 0.2) is 0 Å². The molecule has 0 aliphatic carbocycles. The summed E-state index contributed by atoms with van der Waals surface area (Å²) >= 11 is 1.27. The number of aromatic nitrogens is 2. The predicted octanol–water partition coefficient (Wildman–Crippen LogP) is 7.97. The fraction of sp³-hybridized carbons (Fsp3) is 0.395. The molecule has 248 valence electrons. The standard InChI is InChI=1S/C38H47N5O3S/c1-25(2)20-32(39-23-28-12-14-29(15-13-28)30-16-18-43(5)19-17-30)24-46-35-22-34(36-26(3)8-6-9-27(36)4)40-38(41-35)42-47-33-11-7-10-31(21-33)37(44)45/h6-15,21-22,25,30,32,39H,16-20,23-24H2,1-5H3,(H,44,45)(H,40,41,42)/t32-/m1/s1. The van der Waals surface area contributed by atoms with E-state index in [0.717, 1.165) is 40.2 Å². The number of ether oxygens (including phenoxy) is 1. The van der Waals surface area contributed by atoms with E-state index in [-0.39, 0.29) is 11.6 Å². The van der Waals surface area contributed by atoms with Gasteiger partial charge in [-0.2, -0.15) is 4.98 Å². The second-order valence-electron chi connectivity index (χ2n) is 13.1. The zero-order valence-electron chi connectivity index (χ0n) is 28.1. The molecule has 9 heteroatoms. The molecular formula is C38H47N5O3S. The first kappa shape index (κ1) is 34.4. The van der Waals surface area contributed by atoms with Crippen LogP contribution >= 0.6 is 11.9 Å². The van der Waals surface area contributed by atoms with Gasteiger partial charge in [-0.3, -0.25) is 4.72 Å². The van der Waals surface area contributed by atoms with Gasteiger partial charge in [-0.05, 0) is 117 Å². The number of carboxylic acids is 1. The Morgan fingerprint density at radius 1 is 1.00 bits per heavy atom. The predicted molar refractivity (Wildman–Crippen MR) is 191 cm³/mol. The quantitative estimate of drug-likeness (QED) is 0.117. The molecule has 0 saturated carbocycles. The summed E-state index contributed by atoms with van der Waals surface area (Å²) in [5, 5.41) is 13.1. The summed E-state index contributed by atoms with van der Waals surface area (Å²) in [5.41, 5.74) is 6.98. The number of aromatic carboxylic acids is 1. The Balaban J connectivity index is 1.29. The summed E-state index contributed by atoms with van der Waals surface area (Å²) in [6, 6.07) is 24.1. The van der Waals surface area contributed by atoms with Crippen LogP contribution in [0.5, 0.6) is 5.88 Å². The average Bonchev–Trinajstić information content (AvgIpc) is 3.05. The van der Waals surface area contributed by atoms with Crippen LogP contribution in [0.1, 0.15) is 71.6 Å². The first-order valence-corrected chi connectivity index (χ1v) is 17.3. The molecule has 1 fully saturated rings. The van der Waals surface area contributed by atoms with Crippen LogP contribution in [0.3, 0.4) is 0 Å². The average molecular weight is 654 g/mol. The van der Waals surface area contributed by atoms with Crippen molar-refractivity contribution in [2.75, 3.05) is 31.5 Å². The third-order valence-corrected chi connectivity index (χ3v) is 9.51. The van der Waals surface area contributed by atoms with Crippen LogP contribution in [-0.2, 0) is 6.54 Å². The number of carboxylic acid groups (broad SMARTS) is 1. The van der Waals surface area contributed by atoms with E-state index in [0.29, 0.717) is 30.3 Å². The molecule has 2 heterocycles. The highest BCUT2D eigenvalue weighted by Crippen LogP contribution is 2.31. The van der Waals surface area contributed by atoms with E-state index < -0.39 is 5.97 Å². The number of benzene rings is 3. The van der Waals surface area contributed by atoms with E-state index >= 15 is 0 Å². The van der Waals surface area contributed by atoms with Crippen LogP contribution < -0.4 is 14.8 Å². The number of nitrogens with one attached hydrogen (secondary N) is 2. The minimum atomic E-state index is -0.967. The zero-order valence-corrected chi connectivity index (χ0v) is 28.9. The molecule has 1 saturated heterocycles. The van der Waals surface area contributed by atoms with Gasteiger partial charge in [0, 0.05) is 29.1 Å². The highest BCUT2D eigenvalue weighted by molar-refractivity contribution is 8.00. The first-order chi connectivity index (χ1) is 22.6. The molecule has 0 unspecified atom stereocenters. The van der Waals surface area contributed by atoms with E-state index in [9.17, 15) is 9.90 Å². The number of hydrogen-bond acceptors (Lipinski definition) is 8. The first-order valence-electron chi connectivity index (χ1n) is 16.5. The fourth-order valence-electron chi connectivity index (χ4n) is 6.17. The number of carbonyl (C=O) groups is 1. The van der Waals surface area contributed by atoms with Crippen molar-refractivity contribution in [1.29, 1.82) is 0 Å². The van der Waals surface area contributed by atoms with Crippen LogP contribution in [0.4, 0.5) is 5.95 Å². The second-order valence-corrected chi connectivity index (χ2v) is 13.9. The van der Waals surface area contributed by atoms with Gasteiger partial charge >= 0.3 is 5.97 Å². The number of piperidine rings is 1. The summed E-state index contributed by atoms with van der Waals surface area (Å²) in [6.07, 6.45) is 3.41. The third kappa shape index (κ3) is 9.79. The number of rotatable bonds is 14. The van der Waals surface area contributed by atoms with Gasteiger partial charge < -0.3 is 20.1 Å². The van der Waals surface area contributed by atoms with E-state index in [2.05, 4.69) is 86.1 Å². The van der Waals surface area contributed by atoms with Crippen LogP contribution in [0, 0.1) is 19.8 Å². The van der Waals surface area contributed by atoms with Gasteiger partial charge in [-0.15, -0.1) is 0 Å². The summed E-state index contributed by atoms with van der Waals surface area (Å²) in [4.78, 5) is 24.2. The molecule has 47 heavy (non-hydrogen) atoms. The van der Waals surface area contributed by atoms with E-state index in [1.807, 2.05) is 18.2 Å². The van der Waals surface area contributed by atoms with Gasteiger partial charge in [0.1, 0.15) is 6.61 Å². The lowest BCUT2D eigenvalue weighted by Crippen LogP contribution is -2.35. The van der Waals surface area contributed by atoms with Crippen LogP contribution in [0.25, 0.3) is 11.3 Å². The Morgan fingerprint density at radius 3 is 2.38 bits per heavy atom. The lowest BCUT2D eigenvalue weighted by Gasteiger charge is -2.29. The summed E-state index contributed by atoms with van der Waals surface area (Å²) in [5.74, 6) is 1.06. The van der Waals surface area contributed by atoms with E-state index in [4.69, 9.17) is 14.7 Å². The smallest absolute Gasteiger partial charge is 0.335 e. The number of nitrogens with zero attached hydrogens (tertiary/aromatic N) is 3.